The topological polar surface area (TPSA) is 84.9 Å². The highest BCUT2D eigenvalue weighted by atomic mass is 32.2. The molecule has 0 aromatic carbocycles. The van der Waals surface area contributed by atoms with E-state index in [2.05, 4.69) is 9.62 Å². The first-order chi connectivity index (χ1) is 9.93. The Morgan fingerprint density at radius 1 is 1.38 bits per heavy atom. The maximum absolute atomic E-state index is 11.9. The number of morpholine rings is 1. The van der Waals surface area contributed by atoms with E-state index in [1.54, 1.807) is 13.8 Å². The number of nitrogens with zero attached hydrogens (tertiary/aromatic N) is 1. The van der Waals surface area contributed by atoms with Crippen molar-refractivity contribution in [2.24, 2.45) is 0 Å². The van der Waals surface area contributed by atoms with Gasteiger partial charge >= 0.3 is 5.97 Å². The zero-order valence-electron chi connectivity index (χ0n) is 12.8. The maximum Gasteiger partial charge on any atom is 0.307 e. The normalized spacial score (nSPS) is 18.4. The van der Waals surface area contributed by atoms with Gasteiger partial charge in [-0.15, -0.1) is 0 Å². The second-order valence-corrected chi connectivity index (χ2v) is 7.03. The zero-order valence-corrected chi connectivity index (χ0v) is 13.7. The van der Waals surface area contributed by atoms with Gasteiger partial charge in [0.25, 0.3) is 0 Å². The Labute approximate surface area is 127 Å². The molecule has 1 atom stereocenters. The van der Waals surface area contributed by atoms with Crippen LogP contribution in [0.4, 0.5) is 0 Å². The van der Waals surface area contributed by atoms with Crippen LogP contribution in [-0.4, -0.2) is 70.5 Å². The first kappa shape index (κ1) is 18.3. The average Bonchev–Trinajstić information content (AvgIpc) is 2.38. The minimum Gasteiger partial charge on any atom is -0.466 e. The SMILES string of the molecule is CCOC(=O)CC(C)NS(=O)(=O)CCCN1CCOCC1. The Kier molecular flexibility index (Phi) is 8.16. The number of carbonyl (C=O) groups is 1. The molecule has 1 aliphatic heterocycles. The summed E-state index contributed by atoms with van der Waals surface area (Å²) in [4.78, 5) is 13.5. The molecule has 0 bridgehead atoms. The molecule has 1 unspecified atom stereocenters. The van der Waals surface area contributed by atoms with Gasteiger partial charge in [0, 0.05) is 19.1 Å². The summed E-state index contributed by atoms with van der Waals surface area (Å²) < 4.78 is 36.4. The third-order valence-corrected chi connectivity index (χ3v) is 4.74. The van der Waals surface area contributed by atoms with Crippen molar-refractivity contribution in [3.05, 3.63) is 0 Å². The van der Waals surface area contributed by atoms with Gasteiger partial charge < -0.3 is 9.47 Å². The van der Waals surface area contributed by atoms with Crippen LogP contribution in [-0.2, 0) is 24.3 Å². The third-order valence-electron chi connectivity index (χ3n) is 3.15. The van der Waals surface area contributed by atoms with Crippen LogP contribution in [0.1, 0.15) is 26.7 Å². The van der Waals surface area contributed by atoms with Gasteiger partial charge in [0.2, 0.25) is 10.0 Å². The number of nitrogens with one attached hydrogen (secondary N) is 1. The van der Waals surface area contributed by atoms with Crippen molar-refractivity contribution in [3.8, 4) is 0 Å². The highest BCUT2D eigenvalue weighted by Crippen LogP contribution is 2.02. The quantitative estimate of drug-likeness (QED) is 0.600. The molecule has 0 spiro atoms. The minimum absolute atomic E-state index is 0.0521. The van der Waals surface area contributed by atoms with Crippen LogP contribution < -0.4 is 4.72 Å². The van der Waals surface area contributed by atoms with Crippen LogP contribution in [0.2, 0.25) is 0 Å². The summed E-state index contributed by atoms with van der Waals surface area (Å²) >= 11 is 0. The molecule has 124 valence electrons. The number of carbonyl (C=O) groups excluding carboxylic acids is 1. The van der Waals surface area contributed by atoms with Crippen LogP contribution in [0.5, 0.6) is 0 Å². The van der Waals surface area contributed by atoms with E-state index in [9.17, 15) is 13.2 Å². The summed E-state index contributed by atoms with van der Waals surface area (Å²) in [5, 5.41) is 0. The highest BCUT2D eigenvalue weighted by molar-refractivity contribution is 7.89. The van der Waals surface area contributed by atoms with Crippen molar-refractivity contribution in [2.45, 2.75) is 32.7 Å². The fourth-order valence-corrected chi connectivity index (χ4v) is 3.50. The number of hydrogen-bond acceptors (Lipinski definition) is 6. The van der Waals surface area contributed by atoms with Gasteiger partial charge in [-0.1, -0.05) is 0 Å². The van der Waals surface area contributed by atoms with E-state index in [1.165, 1.54) is 0 Å². The number of hydrogen-bond donors (Lipinski definition) is 1. The van der Waals surface area contributed by atoms with Gasteiger partial charge in [0.1, 0.15) is 0 Å². The summed E-state index contributed by atoms with van der Waals surface area (Å²) in [6.07, 6.45) is 0.623. The maximum atomic E-state index is 11.9. The Hall–Kier alpha value is -0.700. The minimum atomic E-state index is -3.36. The van der Waals surface area contributed by atoms with Gasteiger partial charge in [-0.05, 0) is 26.8 Å². The lowest BCUT2D eigenvalue weighted by atomic mass is 10.3. The Morgan fingerprint density at radius 3 is 2.67 bits per heavy atom. The van der Waals surface area contributed by atoms with E-state index in [1.807, 2.05) is 0 Å². The van der Waals surface area contributed by atoms with Crippen molar-refractivity contribution in [1.29, 1.82) is 0 Å². The fourth-order valence-electron chi connectivity index (χ4n) is 2.18. The summed E-state index contributed by atoms with van der Waals surface area (Å²) in [7, 11) is -3.36. The Balaban J connectivity index is 2.24. The summed E-state index contributed by atoms with van der Waals surface area (Å²) in [6, 6.07) is -0.447. The average molecular weight is 322 g/mol. The number of sulfonamides is 1. The number of ether oxygens (including phenoxy) is 2. The van der Waals surface area contributed by atoms with Crippen LogP contribution >= 0.6 is 0 Å². The first-order valence-electron chi connectivity index (χ1n) is 7.38. The van der Waals surface area contributed by atoms with Crippen LogP contribution in [0, 0.1) is 0 Å². The predicted octanol–water partition coefficient (Wildman–Crippen LogP) is -0.0302. The van der Waals surface area contributed by atoms with Gasteiger partial charge in [-0.2, -0.15) is 0 Å². The monoisotopic (exact) mass is 322 g/mol. The van der Waals surface area contributed by atoms with Crippen molar-refractivity contribution >= 4 is 16.0 Å². The Morgan fingerprint density at radius 2 is 2.05 bits per heavy atom. The summed E-state index contributed by atoms with van der Waals surface area (Å²) in [5.74, 6) is -0.321. The molecule has 1 heterocycles. The molecule has 1 saturated heterocycles. The van der Waals surface area contributed by atoms with Crippen molar-refractivity contribution in [3.63, 3.8) is 0 Å². The third kappa shape index (κ3) is 8.35. The molecule has 1 fully saturated rings. The van der Waals surface area contributed by atoms with Gasteiger partial charge in [0.15, 0.2) is 0 Å². The molecule has 1 aliphatic rings. The van der Waals surface area contributed by atoms with Gasteiger partial charge in [0.05, 0.1) is 32.0 Å². The van der Waals surface area contributed by atoms with E-state index < -0.39 is 16.1 Å². The number of rotatable bonds is 9. The fraction of sp³-hybridized carbons (Fsp3) is 0.923. The Bertz CT molecular complexity index is 407. The molecule has 0 aromatic heterocycles. The largest absolute Gasteiger partial charge is 0.466 e. The van der Waals surface area contributed by atoms with Crippen LogP contribution in [0.25, 0.3) is 0 Å². The first-order valence-corrected chi connectivity index (χ1v) is 9.04. The molecule has 8 heteroatoms. The van der Waals surface area contributed by atoms with Gasteiger partial charge in [-0.3, -0.25) is 9.69 Å². The lowest BCUT2D eigenvalue weighted by Crippen LogP contribution is -2.39. The second-order valence-electron chi connectivity index (χ2n) is 5.15. The van der Waals surface area contributed by atoms with E-state index in [4.69, 9.17) is 9.47 Å². The van der Waals surface area contributed by atoms with Gasteiger partial charge in [-0.25, -0.2) is 13.1 Å². The molecule has 1 rings (SSSR count). The second kappa shape index (κ2) is 9.34. The van der Waals surface area contributed by atoms with Crippen molar-refractivity contribution in [1.82, 2.24) is 9.62 Å². The molecule has 1 N–H and O–H groups in total. The van der Waals surface area contributed by atoms with E-state index in [0.29, 0.717) is 26.2 Å². The standard InChI is InChI=1S/C13H26N2O5S/c1-3-20-13(16)11-12(2)14-21(17,18)10-4-5-15-6-8-19-9-7-15/h12,14H,3-11H2,1-2H3. The van der Waals surface area contributed by atoms with Crippen LogP contribution in [0.3, 0.4) is 0 Å². The van der Waals surface area contributed by atoms with Crippen molar-refractivity contribution in [2.75, 3.05) is 45.2 Å². The van der Waals surface area contributed by atoms with E-state index >= 15 is 0 Å². The molecule has 0 aliphatic carbocycles. The molecule has 7 nitrogen and oxygen atoms in total. The molecule has 0 saturated carbocycles. The zero-order chi connectivity index (χ0) is 15.7. The lowest BCUT2D eigenvalue weighted by molar-refractivity contribution is -0.143. The predicted molar refractivity (Wildman–Crippen MR) is 79.5 cm³/mol. The number of esters is 1. The molecule has 0 radical (unpaired) electrons. The molecular formula is C13H26N2O5S. The van der Waals surface area contributed by atoms with E-state index in [-0.39, 0.29) is 18.1 Å². The molecular weight excluding hydrogens is 296 g/mol. The molecule has 21 heavy (non-hydrogen) atoms. The van der Waals surface area contributed by atoms with E-state index in [0.717, 1.165) is 19.6 Å². The lowest BCUT2D eigenvalue weighted by Gasteiger charge is -2.26. The van der Waals surface area contributed by atoms with Crippen LogP contribution in [0.15, 0.2) is 0 Å². The summed E-state index contributed by atoms with van der Waals surface area (Å²) in [6.45, 7) is 7.56. The highest BCUT2D eigenvalue weighted by Gasteiger charge is 2.18. The summed E-state index contributed by atoms with van der Waals surface area (Å²) in [5.41, 5.74) is 0. The smallest absolute Gasteiger partial charge is 0.307 e. The van der Waals surface area contributed by atoms with Crippen molar-refractivity contribution < 1.29 is 22.7 Å². The molecule has 0 amide bonds. The molecule has 0 aromatic rings.